The lowest BCUT2D eigenvalue weighted by atomic mass is 10.2. The Morgan fingerprint density at radius 2 is 1.96 bits per heavy atom. The predicted molar refractivity (Wildman–Crippen MR) is 89.4 cm³/mol. The lowest BCUT2D eigenvalue weighted by Crippen LogP contribution is -2.50. The minimum absolute atomic E-state index is 0.0545. The van der Waals surface area contributed by atoms with E-state index in [0.717, 1.165) is 10.2 Å². The summed E-state index contributed by atoms with van der Waals surface area (Å²) in [6.07, 6.45) is -4.96. The molecule has 0 fully saturated rings. The normalized spacial score (nSPS) is 12.6. The zero-order chi connectivity index (χ0) is 18.4. The van der Waals surface area contributed by atoms with Crippen LogP contribution in [0.1, 0.15) is 13.3 Å². The molecule has 0 saturated heterocycles. The number of hydrogen-bond acceptors (Lipinski definition) is 5. The zero-order valence-corrected chi connectivity index (χ0v) is 14.1. The molecule has 3 N–H and O–H groups in total. The molecular weight excluding hydrogens is 357 g/mol. The standard InChI is InChI=1S/C15H17F3N4O2S/c1-2-9(21-13(24)15(16,17)18)12(23)19-7-8-20-14-22-10-5-3-4-6-11(10)25-14/h3-6,9H,2,7-8H2,1H3,(H,19,23)(H,20,22)(H,21,24)/t9-/m0/s1. The third-order valence-electron chi connectivity index (χ3n) is 3.28. The summed E-state index contributed by atoms with van der Waals surface area (Å²) in [6.45, 7) is 2.06. The molecule has 2 rings (SSSR count). The summed E-state index contributed by atoms with van der Waals surface area (Å²) >= 11 is 1.46. The topological polar surface area (TPSA) is 83.1 Å². The monoisotopic (exact) mass is 374 g/mol. The van der Waals surface area contributed by atoms with Gasteiger partial charge in [0.2, 0.25) is 5.91 Å². The first-order valence-electron chi connectivity index (χ1n) is 7.56. The van der Waals surface area contributed by atoms with E-state index in [1.807, 2.05) is 24.3 Å². The summed E-state index contributed by atoms with van der Waals surface area (Å²) in [6, 6.07) is 6.39. The lowest BCUT2D eigenvalue weighted by Gasteiger charge is -2.17. The van der Waals surface area contributed by atoms with Gasteiger partial charge in [0.1, 0.15) is 6.04 Å². The van der Waals surface area contributed by atoms with Gasteiger partial charge in [-0.15, -0.1) is 0 Å². The number of anilines is 1. The molecule has 0 bridgehead atoms. The number of rotatable bonds is 7. The molecule has 0 unspecified atom stereocenters. The van der Waals surface area contributed by atoms with Gasteiger partial charge in [-0.1, -0.05) is 30.4 Å². The van der Waals surface area contributed by atoms with Crippen molar-refractivity contribution < 1.29 is 22.8 Å². The first-order chi connectivity index (χ1) is 11.8. The molecule has 10 heteroatoms. The second kappa shape index (κ2) is 8.15. The van der Waals surface area contributed by atoms with Gasteiger partial charge in [-0.05, 0) is 18.6 Å². The van der Waals surface area contributed by atoms with Gasteiger partial charge in [0, 0.05) is 13.1 Å². The molecule has 0 spiro atoms. The highest BCUT2D eigenvalue weighted by atomic mass is 32.1. The largest absolute Gasteiger partial charge is 0.471 e. The number of nitrogens with one attached hydrogen (secondary N) is 3. The summed E-state index contributed by atoms with van der Waals surface area (Å²) in [5.74, 6) is -2.78. The van der Waals surface area contributed by atoms with Gasteiger partial charge in [0.25, 0.3) is 0 Å². The number of benzene rings is 1. The number of carbonyl (C=O) groups is 2. The molecule has 136 valence electrons. The van der Waals surface area contributed by atoms with Crippen molar-refractivity contribution in [1.82, 2.24) is 15.6 Å². The Kier molecular flexibility index (Phi) is 6.18. The Balaban J connectivity index is 1.77. The van der Waals surface area contributed by atoms with E-state index in [-0.39, 0.29) is 13.0 Å². The molecule has 1 aromatic carbocycles. The van der Waals surface area contributed by atoms with Crippen LogP contribution in [0.4, 0.5) is 18.3 Å². The van der Waals surface area contributed by atoms with Crippen molar-refractivity contribution in [2.24, 2.45) is 0 Å². The number of hydrogen-bond donors (Lipinski definition) is 3. The summed E-state index contributed by atoms with van der Waals surface area (Å²) in [4.78, 5) is 27.1. The molecule has 0 aliphatic carbocycles. The fraction of sp³-hybridized carbons (Fsp3) is 0.400. The lowest BCUT2D eigenvalue weighted by molar-refractivity contribution is -0.174. The van der Waals surface area contributed by atoms with Crippen molar-refractivity contribution in [3.8, 4) is 0 Å². The van der Waals surface area contributed by atoms with Crippen molar-refractivity contribution >= 4 is 38.5 Å². The summed E-state index contributed by atoms with van der Waals surface area (Å²) in [5, 5.41) is 7.89. The Bertz CT molecular complexity index is 715. The average Bonchev–Trinajstić information content (AvgIpc) is 2.98. The van der Waals surface area contributed by atoms with Crippen molar-refractivity contribution in [2.75, 3.05) is 18.4 Å². The van der Waals surface area contributed by atoms with Gasteiger partial charge in [0.05, 0.1) is 10.2 Å². The van der Waals surface area contributed by atoms with Crippen LogP contribution >= 0.6 is 11.3 Å². The molecular formula is C15H17F3N4O2S. The van der Waals surface area contributed by atoms with E-state index >= 15 is 0 Å². The molecule has 0 saturated carbocycles. The highest BCUT2D eigenvalue weighted by Gasteiger charge is 2.40. The van der Waals surface area contributed by atoms with Gasteiger partial charge in [-0.3, -0.25) is 9.59 Å². The Labute approximate surface area is 145 Å². The van der Waals surface area contributed by atoms with Gasteiger partial charge in [-0.25, -0.2) is 4.98 Å². The van der Waals surface area contributed by atoms with Crippen LogP contribution in [0, 0.1) is 0 Å². The number of halogens is 3. The van der Waals surface area contributed by atoms with Crippen molar-refractivity contribution in [1.29, 1.82) is 0 Å². The second-order valence-electron chi connectivity index (χ2n) is 5.14. The van der Waals surface area contributed by atoms with Crippen LogP contribution in [0.2, 0.25) is 0 Å². The molecule has 0 radical (unpaired) electrons. The van der Waals surface area contributed by atoms with Crippen molar-refractivity contribution in [2.45, 2.75) is 25.6 Å². The van der Waals surface area contributed by atoms with Gasteiger partial charge < -0.3 is 16.0 Å². The second-order valence-corrected chi connectivity index (χ2v) is 6.17. The number of aromatic nitrogens is 1. The molecule has 2 amide bonds. The number of carbonyl (C=O) groups excluding carboxylic acids is 2. The minimum atomic E-state index is -5.01. The quantitative estimate of drug-likeness (QED) is 0.650. The fourth-order valence-corrected chi connectivity index (χ4v) is 2.91. The molecule has 1 aromatic heterocycles. The van der Waals surface area contributed by atoms with Crippen LogP contribution in [0.15, 0.2) is 24.3 Å². The number of nitrogens with zero attached hydrogens (tertiary/aromatic N) is 1. The number of para-hydroxylation sites is 1. The first-order valence-corrected chi connectivity index (χ1v) is 8.37. The van der Waals surface area contributed by atoms with E-state index < -0.39 is 24.0 Å². The zero-order valence-electron chi connectivity index (χ0n) is 13.3. The average molecular weight is 374 g/mol. The van der Waals surface area contributed by atoms with Crippen LogP contribution in [-0.4, -0.2) is 42.1 Å². The SMILES string of the molecule is CC[C@H](NC(=O)C(F)(F)F)C(=O)NCCNc1nc2ccccc2s1. The van der Waals surface area contributed by atoms with Crippen molar-refractivity contribution in [3.05, 3.63) is 24.3 Å². The maximum atomic E-state index is 12.2. The Hall–Kier alpha value is -2.36. The first kappa shape index (κ1) is 19.0. The van der Waals surface area contributed by atoms with Gasteiger partial charge in [-0.2, -0.15) is 13.2 Å². The molecule has 6 nitrogen and oxygen atoms in total. The Morgan fingerprint density at radius 1 is 1.24 bits per heavy atom. The summed E-state index contributed by atoms with van der Waals surface area (Å²) < 4.78 is 37.7. The highest BCUT2D eigenvalue weighted by Crippen LogP contribution is 2.24. The molecule has 2 aromatic rings. The van der Waals surface area contributed by atoms with E-state index in [1.54, 1.807) is 5.32 Å². The molecule has 0 aliphatic rings. The predicted octanol–water partition coefficient (Wildman–Crippen LogP) is 2.28. The van der Waals surface area contributed by atoms with Gasteiger partial charge >= 0.3 is 12.1 Å². The van der Waals surface area contributed by atoms with E-state index in [2.05, 4.69) is 15.6 Å². The number of alkyl halides is 3. The summed E-state index contributed by atoms with van der Waals surface area (Å²) in [7, 11) is 0. The van der Waals surface area contributed by atoms with Crippen LogP contribution in [0.3, 0.4) is 0 Å². The maximum Gasteiger partial charge on any atom is 0.471 e. The fourth-order valence-electron chi connectivity index (χ4n) is 2.02. The Morgan fingerprint density at radius 3 is 2.60 bits per heavy atom. The van der Waals surface area contributed by atoms with E-state index in [9.17, 15) is 22.8 Å². The highest BCUT2D eigenvalue weighted by molar-refractivity contribution is 7.22. The smallest absolute Gasteiger partial charge is 0.360 e. The van der Waals surface area contributed by atoms with Gasteiger partial charge in [0.15, 0.2) is 5.13 Å². The molecule has 0 aliphatic heterocycles. The van der Waals surface area contributed by atoms with Crippen LogP contribution < -0.4 is 16.0 Å². The van der Waals surface area contributed by atoms with Crippen LogP contribution in [0.25, 0.3) is 10.2 Å². The maximum absolute atomic E-state index is 12.2. The van der Waals surface area contributed by atoms with E-state index in [1.165, 1.54) is 18.3 Å². The molecule has 25 heavy (non-hydrogen) atoms. The molecule has 1 heterocycles. The van der Waals surface area contributed by atoms with Crippen LogP contribution in [0.5, 0.6) is 0 Å². The molecule has 1 atom stereocenters. The van der Waals surface area contributed by atoms with Crippen molar-refractivity contribution in [3.63, 3.8) is 0 Å². The minimum Gasteiger partial charge on any atom is -0.360 e. The van der Waals surface area contributed by atoms with E-state index in [0.29, 0.717) is 11.7 Å². The number of fused-ring (bicyclic) bond motifs is 1. The summed E-state index contributed by atoms with van der Waals surface area (Å²) in [5.41, 5.74) is 0.861. The van der Waals surface area contributed by atoms with Crippen LogP contribution in [-0.2, 0) is 9.59 Å². The third kappa shape index (κ3) is 5.31. The number of amides is 2. The van der Waals surface area contributed by atoms with E-state index in [4.69, 9.17) is 0 Å². The number of thiazole rings is 1. The third-order valence-corrected chi connectivity index (χ3v) is 4.28.